The fourth-order valence-corrected chi connectivity index (χ4v) is 4.38. The normalized spacial score (nSPS) is 13.5. The predicted octanol–water partition coefficient (Wildman–Crippen LogP) is -0.774. The Balaban J connectivity index is 2.23. The number of nitrogens with one attached hydrogen (secondary N) is 3. The Hall–Kier alpha value is -4.69. The van der Waals surface area contributed by atoms with E-state index in [9.17, 15) is 29.4 Å². The van der Waals surface area contributed by atoms with E-state index in [0.29, 0.717) is 31.4 Å². The third-order valence-corrected chi connectivity index (χ3v) is 6.78. The Kier molecular flexibility index (Phi) is 15.1. The van der Waals surface area contributed by atoms with E-state index in [0.717, 1.165) is 5.56 Å². The highest BCUT2D eigenvalue weighted by Crippen LogP contribution is 2.12. The Morgan fingerprint density at radius 3 is 1.91 bits per heavy atom. The molecule has 2 rings (SSSR count). The van der Waals surface area contributed by atoms with Gasteiger partial charge < -0.3 is 49.1 Å². The zero-order chi connectivity index (χ0) is 32.5. The predicted molar refractivity (Wildman–Crippen MR) is 166 cm³/mol. The first-order valence-corrected chi connectivity index (χ1v) is 14.5. The van der Waals surface area contributed by atoms with Gasteiger partial charge in [-0.1, -0.05) is 42.5 Å². The minimum Gasteiger partial charge on any atom is -0.508 e. The van der Waals surface area contributed by atoms with E-state index >= 15 is 0 Å². The van der Waals surface area contributed by atoms with Crippen molar-refractivity contribution in [3.8, 4) is 5.75 Å². The van der Waals surface area contributed by atoms with E-state index < -0.39 is 47.9 Å². The minimum absolute atomic E-state index is 0.0720. The Morgan fingerprint density at radius 2 is 1.30 bits per heavy atom. The van der Waals surface area contributed by atoms with Crippen LogP contribution >= 0.6 is 0 Å². The molecule has 2 aromatic carbocycles. The SMILES string of the molecule is NCCCC[C@H](NC(=O)[C@H](Cc1ccccc1)NC(=O)[C@@H](CCCN=C(N)N)NC(=O)[C@@H](N)Cc1ccc(O)cc1)C(=O)O. The van der Waals surface area contributed by atoms with Crippen molar-refractivity contribution in [1.29, 1.82) is 0 Å². The third kappa shape index (κ3) is 13.1. The highest BCUT2D eigenvalue weighted by atomic mass is 16.4. The van der Waals surface area contributed by atoms with Gasteiger partial charge in [0, 0.05) is 13.0 Å². The molecule has 0 radical (unpaired) electrons. The number of rotatable bonds is 19. The lowest BCUT2D eigenvalue weighted by Crippen LogP contribution is -2.57. The van der Waals surface area contributed by atoms with Gasteiger partial charge in [-0.2, -0.15) is 0 Å². The molecule has 3 amide bonds. The maximum Gasteiger partial charge on any atom is 0.326 e. The number of carboxylic acids is 1. The van der Waals surface area contributed by atoms with Crippen molar-refractivity contribution >= 4 is 29.7 Å². The summed E-state index contributed by atoms with van der Waals surface area (Å²) in [5.74, 6) is -3.20. The summed E-state index contributed by atoms with van der Waals surface area (Å²) in [5.41, 5.74) is 23.9. The molecule has 0 aromatic heterocycles. The zero-order valence-electron chi connectivity index (χ0n) is 24.7. The van der Waals surface area contributed by atoms with Crippen molar-refractivity contribution in [2.75, 3.05) is 13.1 Å². The summed E-state index contributed by atoms with van der Waals surface area (Å²) in [6, 6.07) is 10.7. The molecule has 14 nitrogen and oxygen atoms in total. The molecule has 0 spiro atoms. The Bertz CT molecular complexity index is 1240. The molecule has 14 heteroatoms. The maximum atomic E-state index is 13.6. The van der Waals surface area contributed by atoms with Crippen LogP contribution in [0.3, 0.4) is 0 Å². The second-order valence-corrected chi connectivity index (χ2v) is 10.4. The number of unbranched alkanes of at least 4 members (excludes halogenated alkanes) is 1. The lowest BCUT2D eigenvalue weighted by Gasteiger charge is -2.25. The van der Waals surface area contributed by atoms with E-state index in [4.69, 9.17) is 22.9 Å². The second kappa shape index (κ2) is 18.8. The molecule has 0 saturated carbocycles. The lowest BCUT2D eigenvalue weighted by molar-refractivity contribution is -0.142. The molecule has 0 heterocycles. The van der Waals surface area contributed by atoms with Gasteiger partial charge in [0.2, 0.25) is 17.7 Å². The van der Waals surface area contributed by atoms with Crippen LogP contribution in [0.4, 0.5) is 0 Å². The summed E-state index contributed by atoms with van der Waals surface area (Å²) >= 11 is 0. The molecule has 0 aliphatic heterocycles. The number of amides is 3. The van der Waals surface area contributed by atoms with Crippen LogP contribution in [0.2, 0.25) is 0 Å². The summed E-state index contributed by atoms with van der Waals surface area (Å²) < 4.78 is 0. The molecular formula is C30H44N8O6. The van der Waals surface area contributed by atoms with Crippen molar-refractivity contribution in [3.63, 3.8) is 0 Å². The number of phenols is 1. The standard InChI is InChI=1S/C30H44N8O6/c31-15-5-4-9-24(29(43)44)37-28(42)25(18-19-7-2-1-3-8-19)38-27(41)23(10-6-16-35-30(33)34)36-26(40)22(32)17-20-11-13-21(39)14-12-20/h1-3,7-8,11-14,22-25,39H,4-6,9-10,15-18,31-32H2,(H,36,40)(H,37,42)(H,38,41)(H,43,44)(H4,33,34,35)/t22-,23+,24-,25-/m0/s1. The van der Waals surface area contributed by atoms with E-state index in [1.807, 2.05) is 0 Å². The van der Waals surface area contributed by atoms with Gasteiger partial charge in [0.1, 0.15) is 23.9 Å². The van der Waals surface area contributed by atoms with Gasteiger partial charge in [-0.25, -0.2) is 4.79 Å². The van der Waals surface area contributed by atoms with Gasteiger partial charge >= 0.3 is 5.97 Å². The number of aliphatic imine (C=N–C) groups is 1. The molecule has 44 heavy (non-hydrogen) atoms. The van der Waals surface area contributed by atoms with Gasteiger partial charge in [0.05, 0.1) is 6.04 Å². The zero-order valence-corrected chi connectivity index (χ0v) is 24.7. The quantitative estimate of drug-likeness (QED) is 0.0543. The number of aliphatic carboxylic acids is 1. The van der Waals surface area contributed by atoms with Gasteiger partial charge in [-0.3, -0.25) is 19.4 Å². The van der Waals surface area contributed by atoms with Crippen LogP contribution in [0.25, 0.3) is 0 Å². The molecule has 0 aliphatic rings. The smallest absolute Gasteiger partial charge is 0.326 e. The summed E-state index contributed by atoms with van der Waals surface area (Å²) in [4.78, 5) is 55.7. The number of carboxylic acid groups (broad SMARTS) is 1. The van der Waals surface area contributed by atoms with Crippen LogP contribution in [-0.2, 0) is 32.0 Å². The van der Waals surface area contributed by atoms with Crippen molar-refractivity contribution in [2.45, 2.75) is 69.1 Å². The van der Waals surface area contributed by atoms with Crippen molar-refractivity contribution in [2.24, 2.45) is 27.9 Å². The average molecular weight is 613 g/mol. The first kappa shape index (κ1) is 35.5. The second-order valence-electron chi connectivity index (χ2n) is 10.4. The fourth-order valence-electron chi connectivity index (χ4n) is 4.38. The minimum atomic E-state index is -1.20. The molecular weight excluding hydrogens is 568 g/mol. The van der Waals surface area contributed by atoms with Gasteiger partial charge in [0.25, 0.3) is 0 Å². The molecule has 240 valence electrons. The number of hydrogen-bond acceptors (Lipinski definition) is 8. The number of phenolic OH excluding ortho intramolecular Hbond substituents is 1. The molecule has 0 fully saturated rings. The molecule has 4 atom stereocenters. The first-order valence-electron chi connectivity index (χ1n) is 14.5. The third-order valence-electron chi connectivity index (χ3n) is 6.78. The largest absolute Gasteiger partial charge is 0.508 e. The van der Waals surface area contributed by atoms with E-state index in [1.54, 1.807) is 42.5 Å². The van der Waals surface area contributed by atoms with Crippen LogP contribution in [0.15, 0.2) is 59.6 Å². The maximum absolute atomic E-state index is 13.6. The summed E-state index contributed by atoms with van der Waals surface area (Å²) in [6.07, 6.45) is 1.93. The van der Waals surface area contributed by atoms with Crippen molar-refractivity contribution < 1.29 is 29.4 Å². The molecule has 0 bridgehead atoms. The molecule has 2 aromatic rings. The summed E-state index contributed by atoms with van der Waals surface area (Å²) in [5, 5.41) is 27.1. The summed E-state index contributed by atoms with van der Waals surface area (Å²) in [7, 11) is 0. The number of aromatic hydroxyl groups is 1. The van der Waals surface area contributed by atoms with Gasteiger partial charge in [-0.15, -0.1) is 0 Å². The number of nitrogens with zero attached hydrogens (tertiary/aromatic N) is 1. The van der Waals surface area contributed by atoms with Gasteiger partial charge in [-0.05, 0) is 68.3 Å². The topological polar surface area (TPSA) is 261 Å². The number of nitrogens with two attached hydrogens (primary N) is 4. The van der Waals surface area contributed by atoms with Crippen LogP contribution < -0.4 is 38.9 Å². The first-order chi connectivity index (χ1) is 21.0. The van der Waals surface area contributed by atoms with E-state index in [2.05, 4.69) is 20.9 Å². The van der Waals surface area contributed by atoms with E-state index in [-0.39, 0.29) is 43.9 Å². The molecule has 0 saturated heterocycles. The summed E-state index contributed by atoms with van der Waals surface area (Å²) in [6.45, 7) is 0.584. The number of guanidine groups is 1. The highest BCUT2D eigenvalue weighted by molar-refractivity contribution is 5.94. The number of carbonyl (C=O) groups is 4. The number of carbonyl (C=O) groups excluding carboxylic acids is 3. The molecule has 13 N–H and O–H groups in total. The van der Waals surface area contributed by atoms with Crippen molar-refractivity contribution in [3.05, 3.63) is 65.7 Å². The molecule has 0 unspecified atom stereocenters. The van der Waals surface area contributed by atoms with Gasteiger partial charge in [0.15, 0.2) is 5.96 Å². The monoisotopic (exact) mass is 612 g/mol. The Labute approximate surface area is 256 Å². The van der Waals surface area contributed by atoms with Crippen molar-refractivity contribution in [1.82, 2.24) is 16.0 Å². The Morgan fingerprint density at radius 1 is 0.727 bits per heavy atom. The number of hydrogen-bond donors (Lipinski definition) is 9. The average Bonchev–Trinajstić information content (AvgIpc) is 2.99. The van der Waals surface area contributed by atoms with Crippen LogP contribution in [0.1, 0.15) is 43.2 Å². The molecule has 0 aliphatic carbocycles. The van der Waals surface area contributed by atoms with Crippen LogP contribution in [0.5, 0.6) is 5.75 Å². The van der Waals surface area contributed by atoms with Crippen LogP contribution in [-0.4, -0.2) is 77.1 Å². The fraction of sp³-hybridized carbons (Fsp3) is 0.433. The number of benzene rings is 2. The van der Waals surface area contributed by atoms with E-state index in [1.165, 1.54) is 12.1 Å². The lowest BCUT2D eigenvalue weighted by atomic mass is 10.0. The van der Waals surface area contributed by atoms with Crippen LogP contribution in [0, 0.1) is 0 Å². The highest BCUT2D eigenvalue weighted by Gasteiger charge is 2.30.